The second kappa shape index (κ2) is 6.86. The highest BCUT2D eigenvalue weighted by atomic mass is 16.5. The number of carbonyl (C=O) groups is 1. The molecule has 1 fully saturated rings. The summed E-state index contributed by atoms with van der Waals surface area (Å²) >= 11 is 0. The van der Waals surface area contributed by atoms with Crippen molar-refractivity contribution in [2.45, 2.75) is 51.7 Å². The van der Waals surface area contributed by atoms with Gasteiger partial charge in [-0.2, -0.15) is 0 Å². The standard InChI is InChI=1S/C12H23NO3/c1-3-9-16-11-5-4-7-13(8-6-11)10(2)12(14)15/h10-11H,3-9H2,1-2H3,(H,14,15). The maximum Gasteiger partial charge on any atom is 0.320 e. The first kappa shape index (κ1) is 13.5. The number of nitrogens with zero attached hydrogens (tertiary/aromatic N) is 1. The number of hydrogen-bond acceptors (Lipinski definition) is 3. The SMILES string of the molecule is CCCOC1CCCN(C(C)C(=O)O)CC1. The maximum absolute atomic E-state index is 10.9. The Balaban J connectivity index is 2.36. The molecule has 4 heteroatoms. The molecule has 1 heterocycles. The van der Waals surface area contributed by atoms with Gasteiger partial charge in [0.2, 0.25) is 0 Å². The molecule has 0 amide bonds. The second-order valence-corrected chi connectivity index (χ2v) is 4.47. The van der Waals surface area contributed by atoms with Gasteiger partial charge in [-0.05, 0) is 39.2 Å². The Morgan fingerprint density at radius 1 is 1.50 bits per heavy atom. The van der Waals surface area contributed by atoms with Crippen molar-refractivity contribution in [3.05, 3.63) is 0 Å². The van der Waals surface area contributed by atoms with Crippen molar-refractivity contribution >= 4 is 5.97 Å². The number of carboxylic acid groups (broad SMARTS) is 1. The molecular weight excluding hydrogens is 206 g/mol. The van der Waals surface area contributed by atoms with E-state index in [4.69, 9.17) is 9.84 Å². The van der Waals surface area contributed by atoms with Crippen molar-refractivity contribution in [1.82, 2.24) is 4.90 Å². The van der Waals surface area contributed by atoms with Gasteiger partial charge in [-0.3, -0.25) is 9.69 Å². The topological polar surface area (TPSA) is 49.8 Å². The average molecular weight is 229 g/mol. The number of hydrogen-bond donors (Lipinski definition) is 1. The molecule has 2 atom stereocenters. The molecule has 1 N–H and O–H groups in total. The van der Waals surface area contributed by atoms with E-state index in [1.165, 1.54) is 0 Å². The summed E-state index contributed by atoms with van der Waals surface area (Å²) in [5.41, 5.74) is 0. The molecule has 0 aromatic heterocycles. The van der Waals surface area contributed by atoms with Crippen LogP contribution in [0.2, 0.25) is 0 Å². The van der Waals surface area contributed by atoms with Crippen molar-refractivity contribution < 1.29 is 14.6 Å². The summed E-state index contributed by atoms with van der Waals surface area (Å²) < 4.78 is 5.73. The molecular formula is C12H23NO3. The van der Waals surface area contributed by atoms with E-state index in [1.807, 2.05) is 4.90 Å². The lowest BCUT2D eigenvalue weighted by Crippen LogP contribution is -2.39. The first-order valence-corrected chi connectivity index (χ1v) is 6.23. The molecule has 0 aromatic carbocycles. The van der Waals surface area contributed by atoms with Gasteiger partial charge in [0.15, 0.2) is 0 Å². The van der Waals surface area contributed by atoms with Crippen LogP contribution in [0.15, 0.2) is 0 Å². The lowest BCUT2D eigenvalue weighted by molar-refractivity contribution is -0.142. The van der Waals surface area contributed by atoms with Gasteiger partial charge in [-0.15, -0.1) is 0 Å². The van der Waals surface area contributed by atoms with Crippen molar-refractivity contribution in [1.29, 1.82) is 0 Å². The van der Waals surface area contributed by atoms with Crippen LogP contribution in [0, 0.1) is 0 Å². The molecule has 94 valence electrons. The van der Waals surface area contributed by atoms with E-state index in [9.17, 15) is 4.79 Å². The fourth-order valence-corrected chi connectivity index (χ4v) is 2.08. The summed E-state index contributed by atoms with van der Waals surface area (Å²) in [6.45, 7) is 6.39. The monoisotopic (exact) mass is 229 g/mol. The Labute approximate surface area is 97.6 Å². The Morgan fingerprint density at radius 2 is 2.25 bits per heavy atom. The molecule has 0 radical (unpaired) electrons. The van der Waals surface area contributed by atoms with E-state index >= 15 is 0 Å². The van der Waals surface area contributed by atoms with Crippen LogP contribution < -0.4 is 0 Å². The summed E-state index contributed by atoms with van der Waals surface area (Å²) in [7, 11) is 0. The van der Waals surface area contributed by atoms with E-state index in [0.717, 1.165) is 45.4 Å². The number of rotatable bonds is 5. The molecule has 1 aliphatic rings. The van der Waals surface area contributed by atoms with Gasteiger partial charge < -0.3 is 9.84 Å². The minimum absolute atomic E-state index is 0.325. The number of likely N-dealkylation sites (tertiary alicyclic amines) is 1. The van der Waals surface area contributed by atoms with Crippen LogP contribution in [0.3, 0.4) is 0 Å². The predicted molar refractivity (Wildman–Crippen MR) is 62.6 cm³/mol. The molecule has 0 aromatic rings. The summed E-state index contributed by atoms with van der Waals surface area (Å²) in [6.07, 6.45) is 4.42. The molecule has 1 aliphatic heterocycles. The van der Waals surface area contributed by atoms with Crippen LogP contribution in [0.5, 0.6) is 0 Å². The van der Waals surface area contributed by atoms with Crippen LogP contribution in [0.1, 0.15) is 39.5 Å². The van der Waals surface area contributed by atoms with Crippen molar-refractivity contribution in [3.8, 4) is 0 Å². The third-order valence-electron chi connectivity index (χ3n) is 3.17. The minimum atomic E-state index is -0.729. The van der Waals surface area contributed by atoms with Gasteiger partial charge in [0.25, 0.3) is 0 Å². The smallest absolute Gasteiger partial charge is 0.320 e. The van der Waals surface area contributed by atoms with E-state index in [1.54, 1.807) is 6.92 Å². The molecule has 0 saturated carbocycles. The quantitative estimate of drug-likeness (QED) is 0.780. The molecule has 1 rings (SSSR count). The number of aliphatic carboxylic acids is 1. The average Bonchev–Trinajstić information content (AvgIpc) is 2.50. The molecule has 0 bridgehead atoms. The number of carboxylic acids is 1. The number of ether oxygens (including phenoxy) is 1. The normalized spacial score (nSPS) is 25.0. The highest BCUT2D eigenvalue weighted by molar-refractivity contribution is 5.72. The zero-order valence-corrected chi connectivity index (χ0v) is 10.3. The van der Waals surface area contributed by atoms with E-state index in [-0.39, 0.29) is 6.04 Å². The van der Waals surface area contributed by atoms with Crippen LogP contribution in [0.4, 0.5) is 0 Å². The van der Waals surface area contributed by atoms with E-state index < -0.39 is 5.97 Å². The van der Waals surface area contributed by atoms with Gasteiger partial charge >= 0.3 is 5.97 Å². The summed E-state index contributed by atoms with van der Waals surface area (Å²) in [5.74, 6) is -0.729. The zero-order valence-electron chi connectivity index (χ0n) is 10.3. The molecule has 16 heavy (non-hydrogen) atoms. The summed E-state index contributed by atoms with van der Waals surface area (Å²) in [4.78, 5) is 12.9. The molecule has 0 aliphatic carbocycles. The van der Waals surface area contributed by atoms with Crippen molar-refractivity contribution in [2.75, 3.05) is 19.7 Å². The molecule has 4 nitrogen and oxygen atoms in total. The van der Waals surface area contributed by atoms with Gasteiger partial charge in [0, 0.05) is 13.2 Å². The molecule has 2 unspecified atom stereocenters. The summed E-state index contributed by atoms with van der Waals surface area (Å²) in [6, 6.07) is -0.370. The first-order valence-electron chi connectivity index (χ1n) is 6.23. The second-order valence-electron chi connectivity index (χ2n) is 4.47. The van der Waals surface area contributed by atoms with Gasteiger partial charge in [-0.25, -0.2) is 0 Å². The summed E-state index contributed by atoms with van der Waals surface area (Å²) in [5, 5.41) is 8.96. The lowest BCUT2D eigenvalue weighted by atomic mass is 10.1. The highest BCUT2D eigenvalue weighted by Crippen LogP contribution is 2.16. The lowest BCUT2D eigenvalue weighted by Gasteiger charge is -2.24. The van der Waals surface area contributed by atoms with Crippen molar-refractivity contribution in [2.24, 2.45) is 0 Å². The van der Waals surface area contributed by atoms with Crippen LogP contribution in [0.25, 0.3) is 0 Å². The predicted octanol–water partition coefficient (Wildman–Crippen LogP) is 1.74. The first-order chi connectivity index (χ1) is 7.65. The Kier molecular flexibility index (Phi) is 5.77. The Hall–Kier alpha value is -0.610. The third kappa shape index (κ3) is 4.10. The zero-order chi connectivity index (χ0) is 12.0. The van der Waals surface area contributed by atoms with Crippen LogP contribution in [-0.4, -0.2) is 47.8 Å². The highest BCUT2D eigenvalue weighted by Gasteiger charge is 2.24. The molecule has 0 spiro atoms. The Morgan fingerprint density at radius 3 is 2.88 bits per heavy atom. The minimum Gasteiger partial charge on any atom is -0.480 e. The van der Waals surface area contributed by atoms with E-state index in [0.29, 0.717) is 6.10 Å². The fraction of sp³-hybridized carbons (Fsp3) is 0.917. The van der Waals surface area contributed by atoms with Gasteiger partial charge in [0.1, 0.15) is 6.04 Å². The largest absolute Gasteiger partial charge is 0.480 e. The van der Waals surface area contributed by atoms with Gasteiger partial charge in [0.05, 0.1) is 6.10 Å². The van der Waals surface area contributed by atoms with Crippen LogP contribution >= 0.6 is 0 Å². The van der Waals surface area contributed by atoms with Gasteiger partial charge in [-0.1, -0.05) is 6.92 Å². The Bertz CT molecular complexity index is 220. The fourth-order valence-electron chi connectivity index (χ4n) is 2.08. The molecule has 1 saturated heterocycles. The van der Waals surface area contributed by atoms with E-state index in [2.05, 4.69) is 6.92 Å². The maximum atomic E-state index is 10.9. The van der Waals surface area contributed by atoms with Crippen molar-refractivity contribution in [3.63, 3.8) is 0 Å². The van der Waals surface area contributed by atoms with Crippen LogP contribution in [-0.2, 0) is 9.53 Å². The third-order valence-corrected chi connectivity index (χ3v) is 3.17.